The minimum Gasteiger partial charge on any atom is -0.496 e. The molecule has 2 atom stereocenters. The summed E-state index contributed by atoms with van der Waals surface area (Å²) < 4.78 is 31.3. The van der Waals surface area contributed by atoms with Gasteiger partial charge in [0.25, 0.3) is 11.8 Å². The van der Waals surface area contributed by atoms with Crippen molar-refractivity contribution in [3.8, 4) is 5.75 Å². The van der Waals surface area contributed by atoms with Crippen LogP contribution in [0.4, 0.5) is 5.69 Å². The maximum absolute atomic E-state index is 13.0. The number of hydrogen-bond donors (Lipinski definition) is 3. The van der Waals surface area contributed by atoms with E-state index >= 15 is 0 Å². The van der Waals surface area contributed by atoms with Crippen LogP contribution in [-0.2, 0) is 21.2 Å². The Morgan fingerprint density at radius 3 is 2.55 bits per heavy atom. The van der Waals surface area contributed by atoms with Gasteiger partial charge in [0.05, 0.1) is 23.7 Å². The maximum atomic E-state index is 13.0. The zero-order valence-electron chi connectivity index (χ0n) is 17.5. The maximum Gasteiger partial charge on any atom is 0.264 e. The van der Waals surface area contributed by atoms with Gasteiger partial charge in [-0.2, -0.15) is 0 Å². The highest BCUT2D eigenvalue weighted by molar-refractivity contribution is 7.93. The van der Waals surface area contributed by atoms with E-state index in [0.717, 1.165) is 5.56 Å². The molecule has 2 unspecified atom stereocenters. The monoisotopic (exact) mass is 447 g/mol. The molecule has 0 aromatic heterocycles. The third-order valence-corrected chi connectivity index (χ3v) is 7.68. The second-order valence-electron chi connectivity index (χ2n) is 7.15. The lowest BCUT2D eigenvalue weighted by Gasteiger charge is -2.40. The number of nitrogens with zero attached hydrogens (tertiary/aromatic N) is 1. The number of anilines is 1. The Balaban J connectivity index is 1.92. The highest BCUT2D eigenvalue weighted by Crippen LogP contribution is 2.38. The first-order valence-electron chi connectivity index (χ1n) is 9.74. The van der Waals surface area contributed by atoms with Crippen LogP contribution in [0.25, 0.3) is 0 Å². The summed E-state index contributed by atoms with van der Waals surface area (Å²) in [6.45, 7) is 4.06. The van der Waals surface area contributed by atoms with E-state index in [1.54, 1.807) is 25.0 Å². The topological polar surface area (TPSA) is 125 Å². The molecule has 0 saturated heterocycles. The van der Waals surface area contributed by atoms with Gasteiger partial charge in [-0.05, 0) is 38.1 Å². The molecule has 166 valence electrons. The Morgan fingerprint density at radius 1 is 1.19 bits per heavy atom. The Hall–Kier alpha value is -3.11. The second kappa shape index (κ2) is 8.94. The molecule has 0 fully saturated rings. The molecule has 0 aliphatic carbocycles. The lowest BCUT2D eigenvalue weighted by Crippen LogP contribution is -2.56. The van der Waals surface area contributed by atoms with Crippen molar-refractivity contribution in [3.05, 3.63) is 53.6 Å². The number of methoxy groups -OCH3 is 1. The molecule has 2 aromatic carbocycles. The van der Waals surface area contributed by atoms with Crippen molar-refractivity contribution in [1.29, 1.82) is 0 Å². The third-order valence-electron chi connectivity index (χ3n) is 5.44. The summed E-state index contributed by atoms with van der Waals surface area (Å²) >= 11 is 0. The van der Waals surface area contributed by atoms with Gasteiger partial charge in [-0.25, -0.2) is 13.9 Å². The van der Waals surface area contributed by atoms with E-state index in [1.807, 2.05) is 25.1 Å². The van der Waals surface area contributed by atoms with Gasteiger partial charge in [0.1, 0.15) is 5.75 Å². The van der Waals surface area contributed by atoms with Gasteiger partial charge in [0.2, 0.25) is 0 Å². The molecule has 10 heteroatoms. The van der Waals surface area contributed by atoms with Crippen LogP contribution in [0.2, 0.25) is 0 Å². The van der Waals surface area contributed by atoms with Crippen LogP contribution in [0.15, 0.2) is 47.4 Å². The number of benzene rings is 2. The first kappa shape index (κ1) is 22.6. The van der Waals surface area contributed by atoms with Crippen LogP contribution in [0, 0.1) is 0 Å². The number of amides is 2. The number of para-hydroxylation sites is 1. The number of carbonyl (C=O) groups excluding carboxylic acids is 2. The van der Waals surface area contributed by atoms with Crippen LogP contribution in [-0.4, -0.2) is 50.4 Å². The van der Waals surface area contributed by atoms with Crippen molar-refractivity contribution < 1.29 is 28.0 Å². The molecule has 0 spiro atoms. The minimum atomic E-state index is -4.06. The molecule has 31 heavy (non-hydrogen) atoms. The lowest BCUT2D eigenvalue weighted by molar-refractivity contribution is -0.129. The highest BCUT2D eigenvalue weighted by Gasteiger charge is 2.46. The fourth-order valence-corrected chi connectivity index (χ4v) is 5.91. The number of rotatable bonds is 6. The zero-order chi connectivity index (χ0) is 22.8. The molecule has 1 heterocycles. The van der Waals surface area contributed by atoms with Gasteiger partial charge in [-0.15, -0.1) is 0 Å². The van der Waals surface area contributed by atoms with Crippen LogP contribution in [0.1, 0.15) is 29.8 Å². The summed E-state index contributed by atoms with van der Waals surface area (Å²) in [7, 11) is -2.50. The van der Waals surface area contributed by atoms with Crippen LogP contribution < -0.4 is 20.4 Å². The Morgan fingerprint density at radius 2 is 1.90 bits per heavy atom. The summed E-state index contributed by atoms with van der Waals surface area (Å²) in [4.78, 5) is 26.5. The summed E-state index contributed by atoms with van der Waals surface area (Å²) in [6.07, 6.45) is 0. The van der Waals surface area contributed by atoms with Gasteiger partial charge >= 0.3 is 0 Å². The highest BCUT2D eigenvalue weighted by atomic mass is 32.2. The summed E-state index contributed by atoms with van der Waals surface area (Å²) in [6, 6.07) is 10.8. The number of carbonyl (C=O) groups is 2. The number of sulfone groups is 1. The fraction of sp³-hybridized carbons (Fsp3) is 0.333. The van der Waals surface area contributed by atoms with E-state index in [0.29, 0.717) is 23.5 Å². The third kappa shape index (κ3) is 4.08. The normalized spacial score (nSPS) is 19.3. The zero-order valence-corrected chi connectivity index (χ0v) is 18.3. The first-order chi connectivity index (χ1) is 14.8. The molecular formula is C21H25N3O6S. The number of hydrogen-bond acceptors (Lipinski definition) is 7. The molecule has 3 N–H and O–H groups in total. The van der Waals surface area contributed by atoms with Crippen molar-refractivity contribution >= 4 is 27.3 Å². The quantitative estimate of drug-likeness (QED) is 0.453. The van der Waals surface area contributed by atoms with E-state index in [-0.39, 0.29) is 17.3 Å². The molecule has 0 bridgehead atoms. The Bertz CT molecular complexity index is 1100. The van der Waals surface area contributed by atoms with E-state index in [4.69, 9.17) is 9.94 Å². The molecular weight excluding hydrogens is 422 g/mol. The summed E-state index contributed by atoms with van der Waals surface area (Å²) in [5.74, 6) is -0.709. The smallest absolute Gasteiger partial charge is 0.264 e. The van der Waals surface area contributed by atoms with Crippen LogP contribution in [0.5, 0.6) is 5.75 Å². The largest absolute Gasteiger partial charge is 0.496 e. The van der Waals surface area contributed by atoms with Gasteiger partial charge in [-0.3, -0.25) is 14.8 Å². The molecule has 2 aromatic rings. The Kier molecular flexibility index (Phi) is 6.51. The Labute approximate surface area is 180 Å². The SMILES string of the molecule is CCN1c2cc(C(=O)NCc3ccccc3OC)ccc2S(=O)(=O)C(C(=O)NO)C1C. The standard InChI is InChI=1S/C21H25N3O6S/c1-4-24-13(2)19(21(26)23-27)31(28,29)18-10-9-14(11-16(18)24)20(25)22-12-15-7-5-6-8-17(15)30-3/h5-11,13,19,27H,4,12H2,1-3H3,(H,22,25)(H,23,26). The van der Waals surface area contributed by atoms with Gasteiger partial charge in [-0.1, -0.05) is 18.2 Å². The fourth-order valence-electron chi connectivity index (χ4n) is 3.91. The average molecular weight is 448 g/mol. The van der Waals surface area contributed by atoms with Crippen molar-refractivity contribution in [2.75, 3.05) is 18.6 Å². The predicted molar refractivity (Wildman–Crippen MR) is 114 cm³/mol. The molecule has 0 saturated carbocycles. The molecule has 1 aliphatic heterocycles. The number of fused-ring (bicyclic) bond motifs is 1. The predicted octanol–water partition coefficient (Wildman–Crippen LogP) is 1.50. The molecule has 3 rings (SSSR count). The molecule has 1 aliphatic rings. The van der Waals surface area contributed by atoms with Crippen molar-refractivity contribution in [3.63, 3.8) is 0 Å². The number of nitrogens with one attached hydrogen (secondary N) is 2. The molecule has 0 radical (unpaired) electrons. The number of ether oxygens (including phenoxy) is 1. The number of hydroxylamine groups is 1. The molecule has 9 nitrogen and oxygen atoms in total. The van der Waals surface area contributed by atoms with E-state index in [2.05, 4.69) is 5.32 Å². The first-order valence-corrected chi connectivity index (χ1v) is 11.3. The van der Waals surface area contributed by atoms with E-state index in [9.17, 15) is 18.0 Å². The lowest BCUT2D eigenvalue weighted by atomic mass is 10.1. The van der Waals surface area contributed by atoms with Crippen molar-refractivity contribution in [1.82, 2.24) is 10.8 Å². The minimum absolute atomic E-state index is 0.0534. The second-order valence-corrected chi connectivity index (χ2v) is 9.18. The van der Waals surface area contributed by atoms with Gasteiger partial charge in [0.15, 0.2) is 15.1 Å². The van der Waals surface area contributed by atoms with E-state index in [1.165, 1.54) is 23.7 Å². The summed E-state index contributed by atoms with van der Waals surface area (Å²) in [5, 5.41) is 10.4. The van der Waals surface area contributed by atoms with Crippen molar-refractivity contribution in [2.24, 2.45) is 0 Å². The molecule has 2 amide bonds. The van der Waals surface area contributed by atoms with Gasteiger partial charge < -0.3 is 15.0 Å². The average Bonchev–Trinajstić information content (AvgIpc) is 2.77. The van der Waals surface area contributed by atoms with Gasteiger partial charge in [0, 0.05) is 24.2 Å². The van der Waals surface area contributed by atoms with Crippen LogP contribution >= 0.6 is 0 Å². The van der Waals surface area contributed by atoms with E-state index < -0.39 is 27.0 Å². The van der Waals surface area contributed by atoms with Crippen LogP contribution in [0.3, 0.4) is 0 Å². The van der Waals surface area contributed by atoms with Crippen molar-refractivity contribution in [2.45, 2.75) is 36.6 Å². The summed E-state index contributed by atoms with van der Waals surface area (Å²) in [5.41, 5.74) is 2.89.